The summed E-state index contributed by atoms with van der Waals surface area (Å²) in [5.74, 6) is 0.877. The van der Waals surface area contributed by atoms with Crippen molar-refractivity contribution in [2.75, 3.05) is 25.0 Å². The van der Waals surface area contributed by atoms with Crippen molar-refractivity contribution in [1.82, 2.24) is 20.2 Å². The van der Waals surface area contributed by atoms with Crippen LogP contribution in [0.25, 0.3) is 0 Å². The summed E-state index contributed by atoms with van der Waals surface area (Å²) in [5.41, 5.74) is 2.52. The largest absolute Gasteiger partial charge is 0.363 e. The summed E-state index contributed by atoms with van der Waals surface area (Å²) in [4.78, 5) is 11.0. The zero-order valence-corrected chi connectivity index (χ0v) is 17.6. The smallest absolute Gasteiger partial charge is 0.191 e. The molecule has 0 unspecified atom stereocenters. The molecule has 3 aromatic rings. The van der Waals surface area contributed by atoms with Crippen LogP contribution in [0.2, 0.25) is 0 Å². The van der Waals surface area contributed by atoms with E-state index in [1.165, 1.54) is 16.1 Å². The normalized spacial score (nSPS) is 15.5. The van der Waals surface area contributed by atoms with Crippen LogP contribution < -0.4 is 15.5 Å². The minimum absolute atomic E-state index is 0.468. The number of benzene rings is 1. The lowest BCUT2D eigenvalue weighted by molar-refractivity contribution is 0.463. The number of aromatic nitrogens is 2. The second kappa shape index (κ2) is 9.60. The Kier molecular flexibility index (Phi) is 6.46. The van der Waals surface area contributed by atoms with Gasteiger partial charge in [-0.15, -0.1) is 11.3 Å². The Morgan fingerprint density at radius 1 is 1.17 bits per heavy atom. The Morgan fingerprint density at radius 3 is 2.62 bits per heavy atom. The first kappa shape index (κ1) is 19.5. The van der Waals surface area contributed by atoms with E-state index in [2.05, 4.69) is 71.9 Å². The summed E-state index contributed by atoms with van der Waals surface area (Å²) in [6, 6.07) is 13.5. The summed E-state index contributed by atoms with van der Waals surface area (Å²) in [5, 5.41) is 10.6. The summed E-state index contributed by atoms with van der Waals surface area (Å²) >= 11 is 1.82. The van der Waals surface area contributed by atoms with E-state index in [0.29, 0.717) is 6.04 Å². The molecule has 1 aromatic carbocycles. The molecule has 1 aliphatic heterocycles. The monoisotopic (exact) mass is 408 g/mol. The molecule has 7 heteroatoms. The first-order valence-corrected chi connectivity index (χ1v) is 11.0. The second-order valence-corrected chi connectivity index (χ2v) is 8.26. The van der Waals surface area contributed by atoms with Crippen LogP contribution in [-0.2, 0) is 13.1 Å². The minimum Gasteiger partial charge on any atom is -0.363 e. The minimum atomic E-state index is 0.468. The van der Waals surface area contributed by atoms with Crippen LogP contribution in [-0.4, -0.2) is 41.7 Å². The first-order chi connectivity index (χ1) is 14.3. The van der Waals surface area contributed by atoms with Crippen molar-refractivity contribution >= 4 is 22.3 Å². The maximum Gasteiger partial charge on any atom is 0.191 e. The lowest BCUT2D eigenvalue weighted by atomic mass is 10.1. The molecule has 1 saturated heterocycles. The zero-order valence-electron chi connectivity index (χ0n) is 16.8. The van der Waals surface area contributed by atoms with Gasteiger partial charge in [-0.25, -0.2) is 4.98 Å². The topological polar surface area (TPSA) is 57.5 Å². The number of nitrogens with one attached hydrogen (secondary N) is 2. The molecule has 0 aliphatic carbocycles. The molecule has 0 saturated carbocycles. The van der Waals surface area contributed by atoms with Crippen molar-refractivity contribution in [3.05, 3.63) is 71.6 Å². The maximum atomic E-state index is 4.41. The van der Waals surface area contributed by atoms with Crippen LogP contribution in [0, 0.1) is 0 Å². The number of guanidine groups is 1. The van der Waals surface area contributed by atoms with E-state index < -0.39 is 0 Å². The predicted octanol–water partition coefficient (Wildman–Crippen LogP) is 3.33. The number of aliphatic imine (C=N–C) groups is 1. The molecule has 152 valence electrons. The van der Waals surface area contributed by atoms with E-state index in [4.69, 9.17) is 0 Å². The highest BCUT2D eigenvalue weighted by molar-refractivity contribution is 7.14. The quantitative estimate of drug-likeness (QED) is 0.485. The van der Waals surface area contributed by atoms with E-state index >= 15 is 0 Å². The van der Waals surface area contributed by atoms with E-state index in [1.54, 1.807) is 0 Å². The van der Waals surface area contributed by atoms with Gasteiger partial charge in [-0.3, -0.25) is 4.99 Å². The van der Waals surface area contributed by atoms with E-state index in [1.807, 2.05) is 37.1 Å². The van der Waals surface area contributed by atoms with Crippen LogP contribution in [0.1, 0.15) is 24.0 Å². The van der Waals surface area contributed by atoms with Gasteiger partial charge in [0.1, 0.15) is 0 Å². The Labute approximate surface area is 176 Å². The van der Waals surface area contributed by atoms with Crippen LogP contribution in [0.3, 0.4) is 0 Å². The molecular formula is C22H28N6S. The summed E-state index contributed by atoms with van der Waals surface area (Å²) in [6.45, 7) is 3.79. The van der Waals surface area contributed by atoms with Gasteiger partial charge in [0.25, 0.3) is 0 Å². The van der Waals surface area contributed by atoms with Gasteiger partial charge < -0.3 is 20.1 Å². The van der Waals surface area contributed by atoms with Gasteiger partial charge in [0, 0.05) is 51.7 Å². The third kappa shape index (κ3) is 5.38. The lowest BCUT2D eigenvalue weighted by Crippen LogP contribution is -2.48. The molecule has 0 spiro atoms. The highest BCUT2D eigenvalue weighted by Crippen LogP contribution is 2.24. The molecule has 0 atom stereocenters. The number of anilines is 1. The van der Waals surface area contributed by atoms with Crippen molar-refractivity contribution in [3.8, 4) is 0 Å². The van der Waals surface area contributed by atoms with Crippen LogP contribution >= 0.6 is 11.3 Å². The van der Waals surface area contributed by atoms with Crippen LogP contribution in [0.5, 0.6) is 0 Å². The van der Waals surface area contributed by atoms with Gasteiger partial charge in [0.15, 0.2) is 5.96 Å². The molecule has 3 heterocycles. The Morgan fingerprint density at radius 2 is 1.97 bits per heavy atom. The van der Waals surface area contributed by atoms with Gasteiger partial charge in [0.2, 0.25) is 0 Å². The third-order valence-corrected chi connectivity index (χ3v) is 6.21. The Bertz CT molecular complexity index is 878. The Hall–Kier alpha value is -2.80. The number of rotatable bonds is 6. The van der Waals surface area contributed by atoms with Crippen LogP contribution in [0.15, 0.2) is 65.5 Å². The van der Waals surface area contributed by atoms with Gasteiger partial charge in [-0.05, 0) is 41.5 Å². The number of piperidine rings is 1. The SMILES string of the molecule is CN=C(NCc1ccc(Cn2ccnc2)cc1)NC1CCN(c2cccs2)CC1. The fourth-order valence-electron chi connectivity index (χ4n) is 3.62. The van der Waals surface area contributed by atoms with Crippen molar-refractivity contribution in [3.63, 3.8) is 0 Å². The fourth-order valence-corrected chi connectivity index (χ4v) is 4.41. The molecule has 0 radical (unpaired) electrons. The average molecular weight is 409 g/mol. The van der Waals surface area contributed by atoms with Crippen molar-refractivity contribution in [2.45, 2.75) is 32.0 Å². The van der Waals surface area contributed by atoms with Gasteiger partial charge in [-0.1, -0.05) is 24.3 Å². The average Bonchev–Trinajstić information content (AvgIpc) is 3.47. The number of imidazole rings is 1. The summed E-state index contributed by atoms with van der Waals surface area (Å²) in [7, 11) is 1.84. The molecule has 1 fully saturated rings. The number of hydrogen-bond donors (Lipinski definition) is 2. The van der Waals surface area contributed by atoms with E-state index in [0.717, 1.165) is 45.0 Å². The van der Waals surface area contributed by atoms with Crippen LogP contribution in [0.4, 0.5) is 5.00 Å². The standard InChI is InChI=1S/C22H28N6S/c1-23-22(26-20-8-11-28(12-9-20)21-3-2-14-29-21)25-15-18-4-6-19(7-5-18)16-27-13-10-24-17-27/h2-7,10,13-14,17,20H,8-9,11-12,15-16H2,1H3,(H2,23,25,26). The number of thiophene rings is 1. The number of nitrogens with zero attached hydrogens (tertiary/aromatic N) is 4. The lowest BCUT2D eigenvalue weighted by Gasteiger charge is -2.33. The first-order valence-electron chi connectivity index (χ1n) is 10.1. The zero-order chi connectivity index (χ0) is 19.9. The van der Waals surface area contributed by atoms with E-state index in [-0.39, 0.29) is 0 Å². The molecule has 1 aliphatic rings. The molecule has 0 amide bonds. The molecule has 6 nitrogen and oxygen atoms in total. The van der Waals surface area contributed by atoms with Crippen molar-refractivity contribution in [1.29, 1.82) is 0 Å². The van der Waals surface area contributed by atoms with E-state index in [9.17, 15) is 0 Å². The maximum absolute atomic E-state index is 4.41. The molecule has 2 N–H and O–H groups in total. The summed E-state index contributed by atoms with van der Waals surface area (Å²) < 4.78 is 2.07. The highest BCUT2D eigenvalue weighted by Gasteiger charge is 2.20. The highest BCUT2D eigenvalue weighted by atomic mass is 32.1. The van der Waals surface area contributed by atoms with Crippen molar-refractivity contribution < 1.29 is 0 Å². The van der Waals surface area contributed by atoms with Crippen molar-refractivity contribution in [2.24, 2.45) is 4.99 Å². The van der Waals surface area contributed by atoms with Gasteiger partial charge in [0.05, 0.1) is 11.3 Å². The Balaban J connectivity index is 1.22. The summed E-state index contributed by atoms with van der Waals surface area (Å²) in [6.07, 6.45) is 7.89. The molecule has 29 heavy (non-hydrogen) atoms. The predicted molar refractivity (Wildman–Crippen MR) is 121 cm³/mol. The third-order valence-electron chi connectivity index (χ3n) is 5.28. The molecule has 2 aromatic heterocycles. The molecular weight excluding hydrogens is 380 g/mol. The van der Waals surface area contributed by atoms with Gasteiger partial charge in [-0.2, -0.15) is 0 Å². The fraction of sp³-hybridized carbons (Fsp3) is 0.364. The molecule has 4 rings (SSSR count). The second-order valence-electron chi connectivity index (χ2n) is 7.33. The number of hydrogen-bond acceptors (Lipinski definition) is 4. The molecule has 0 bridgehead atoms. The van der Waals surface area contributed by atoms with Gasteiger partial charge >= 0.3 is 0 Å².